The average molecular weight is 396 g/mol. The molecule has 0 saturated heterocycles. The topological polar surface area (TPSA) is 89.8 Å². The molecule has 2 aromatic carbocycles. The zero-order valence-electron chi connectivity index (χ0n) is 16.5. The van der Waals surface area contributed by atoms with Gasteiger partial charge in [0.15, 0.2) is 5.78 Å². The van der Waals surface area contributed by atoms with E-state index < -0.39 is 23.0 Å². The van der Waals surface area contributed by atoms with Crippen molar-refractivity contribution in [3.63, 3.8) is 0 Å². The van der Waals surface area contributed by atoms with E-state index in [4.69, 9.17) is 4.74 Å². The van der Waals surface area contributed by atoms with E-state index in [-0.39, 0.29) is 18.1 Å². The van der Waals surface area contributed by atoms with Crippen LogP contribution in [-0.2, 0) is 4.74 Å². The molecule has 152 valence electrons. The highest BCUT2D eigenvalue weighted by Crippen LogP contribution is 2.44. The van der Waals surface area contributed by atoms with Gasteiger partial charge in [0.25, 0.3) is 5.69 Å². The number of anilines is 1. The van der Waals surface area contributed by atoms with Gasteiger partial charge in [-0.15, -0.1) is 0 Å². The van der Waals surface area contributed by atoms with Crippen molar-refractivity contribution < 1.29 is 19.2 Å². The molecule has 3 rings (SSSR count). The van der Waals surface area contributed by atoms with Gasteiger partial charge in [-0.1, -0.05) is 44.0 Å². The van der Waals surface area contributed by atoms with Crippen LogP contribution in [0.3, 0.4) is 0 Å². The van der Waals surface area contributed by atoms with E-state index in [9.17, 15) is 19.7 Å². The number of amides is 1. The molecule has 0 aromatic heterocycles. The predicted molar refractivity (Wildman–Crippen MR) is 109 cm³/mol. The van der Waals surface area contributed by atoms with E-state index in [0.717, 1.165) is 12.8 Å². The van der Waals surface area contributed by atoms with Crippen molar-refractivity contribution in [3.8, 4) is 0 Å². The van der Waals surface area contributed by atoms with Crippen LogP contribution in [0.5, 0.6) is 0 Å². The minimum absolute atomic E-state index is 0.0158. The molecule has 0 radical (unpaired) electrons. The highest BCUT2D eigenvalue weighted by atomic mass is 16.6. The van der Waals surface area contributed by atoms with Gasteiger partial charge >= 0.3 is 6.09 Å². The highest BCUT2D eigenvalue weighted by Gasteiger charge is 2.44. The molecule has 7 nitrogen and oxygen atoms in total. The lowest BCUT2D eigenvalue weighted by Gasteiger charge is -2.41. The summed E-state index contributed by atoms with van der Waals surface area (Å²) in [6.07, 6.45) is 1.83. The molecule has 0 saturated carbocycles. The second kappa shape index (κ2) is 8.86. The molecule has 1 amide bonds. The molecule has 0 fully saturated rings. The summed E-state index contributed by atoms with van der Waals surface area (Å²) >= 11 is 0. The van der Waals surface area contributed by atoms with Crippen molar-refractivity contribution in [3.05, 3.63) is 69.8 Å². The molecule has 0 unspecified atom stereocenters. The summed E-state index contributed by atoms with van der Waals surface area (Å²) in [6.45, 7) is 3.98. The summed E-state index contributed by atoms with van der Waals surface area (Å²) in [5.41, 5.74) is 1.64. The number of carbonyl (C=O) groups excluding carboxylic acids is 2. The van der Waals surface area contributed by atoms with Crippen molar-refractivity contribution in [2.24, 2.45) is 5.92 Å². The van der Waals surface area contributed by atoms with Gasteiger partial charge in [-0.3, -0.25) is 19.8 Å². The molecule has 0 bridgehead atoms. The molecular weight excluding hydrogens is 372 g/mol. The lowest BCUT2D eigenvalue weighted by Crippen LogP contribution is -2.46. The lowest BCUT2D eigenvalue weighted by molar-refractivity contribution is -0.384. The summed E-state index contributed by atoms with van der Waals surface area (Å²) in [5.74, 6) is -0.464. The Kier molecular flexibility index (Phi) is 6.26. The predicted octanol–water partition coefficient (Wildman–Crippen LogP) is 5.30. The summed E-state index contributed by atoms with van der Waals surface area (Å²) in [4.78, 5) is 38.3. The van der Waals surface area contributed by atoms with E-state index in [2.05, 4.69) is 0 Å². The summed E-state index contributed by atoms with van der Waals surface area (Å²) < 4.78 is 5.31. The van der Waals surface area contributed by atoms with E-state index in [1.54, 1.807) is 43.3 Å². The van der Waals surface area contributed by atoms with Crippen LogP contribution in [0.4, 0.5) is 16.2 Å². The Bertz CT molecular complexity index is 910. The van der Waals surface area contributed by atoms with Crippen LogP contribution >= 0.6 is 0 Å². The van der Waals surface area contributed by atoms with Crippen molar-refractivity contribution >= 4 is 23.3 Å². The van der Waals surface area contributed by atoms with Crippen LogP contribution in [0, 0.1) is 16.0 Å². The first-order chi connectivity index (χ1) is 14.0. The maximum Gasteiger partial charge on any atom is 0.414 e. The number of rotatable bonds is 6. The quantitative estimate of drug-likeness (QED) is 0.488. The normalized spacial score (nSPS) is 18.3. The van der Waals surface area contributed by atoms with E-state index in [0.29, 0.717) is 23.2 Å². The smallest absolute Gasteiger partial charge is 0.414 e. The van der Waals surface area contributed by atoms with Gasteiger partial charge in [0, 0.05) is 23.6 Å². The second-order valence-electron chi connectivity index (χ2n) is 6.99. The minimum Gasteiger partial charge on any atom is -0.449 e. The number of Topliss-reactive ketones (excluding diaryl/α,β-unsaturated/α-hetero) is 1. The van der Waals surface area contributed by atoms with Gasteiger partial charge < -0.3 is 4.74 Å². The third-order valence-corrected chi connectivity index (χ3v) is 5.20. The van der Waals surface area contributed by atoms with Gasteiger partial charge in [0.1, 0.15) is 0 Å². The van der Waals surface area contributed by atoms with Crippen LogP contribution < -0.4 is 4.90 Å². The molecule has 1 heterocycles. The number of ether oxygens (including phenoxy) is 1. The standard InChI is InChI=1S/C22H24N2O5/c1-3-5-8-18-20(15-11-13-16(14-12-15)24(27)28)23(22(26)29-4-2)19-10-7-6-9-17(19)21(18)25/h6-7,9-14,18,20H,3-5,8H2,1-2H3/t18-,20-/m0/s1. The zero-order valence-corrected chi connectivity index (χ0v) is 16.5. The Balaban J connectivity index is 2.15. The molecule has 29 heavy (non-hydrogen) atoms. The summed E-state index contributed by atoms with van der Waals surface area (Å²) in [6, 6.07) is 12.5. The van der Waals surface area contributed by atoms with Gasteiger partial charge in [0.05, 0.1) is 23.3 Å². The first kappa shape index (κ1) is 20.5. The highest BCUT2D eigenvalue weighted by molar-refractivity contribution is 6.09. The molecule has 0 aliphatic carbocycles. The zero-order chi connectivity index (χ0) is 21.0. The number of hydrogen-bond acceptors (Lipinski definition) is 5. The Hall–Kier alpha value is -3.22. The van der Waals surface area contributed by atoms with Gasteiger partial charge in [-0.05, 0) is 31.0 Å². The molecule has 2 atom stereocenters. The molecule has 7 heteroatoms. The third kappa shape index (κ3) is 3.99. The van der Waals surface area contributed by atoms with E-state index in [1.807, 2.05) is 6.92 Å². The Morgan fingerprint density at radius 1 is 1.14 bits per heavy atom. The minimum atomic E-state index is -0.580. The molecule has 1 aliphatic rings. The molecule has 1 aliphatic heterocycles. The Labute approximate surface area is 169 Å². The largest absolute Gasteiger partial charge is 0.449 e. The van der Waals surface area contributed by atoms with Crippen LogP contribution in [0.15, 0.2) is 48.5 Å². The lowest BCUT2D eigenvalue weighted by atomic mass is 9.78. The number of unbranched alkanes of at least 4 members (excludes halogenated alkanes) is 1. The summed E-state index contributed by atoms with van der Waals surface area (Å²) in [7, 11) is 0. The fraction of sp³-hybridized carbons (Fsp3) is 0.364. The number of para-hydroxylation sites is 1. The monoisotopic (exact) mass is 396 g/mol. The van der Waals surface area contributed by atoms with Gasteiger partial charge in [-0.25, -0.2) is 4.79 Å². The van der Waals surface area contributed by atoms with Crippen LogP contribution in [0.2, 0.25) is 0 Å². The fourth-order valence-electron chi connectivity index (χ4n) is 3.86. The van der Waals surface area contributed by atoms with Crippen LogP contribution in [-0.4, -0.2) is 23.4 Å². The average Bonchev–Trinajstić information content (AvgIpc) is 2.73. The van der Waals surface area contributed by atoms with E-state index in [1.165, 1.54) is 17.0 Å². The number of non-ortho nitro benzene ring substituents is 1. The number of nitro groups is 1. The molecule has 2 aromatic rings. The molecule has 0 N–H and O–H groups in total. The molecular formula is C22H24N2O5. The van der Waals surface area contributed by atoms with Crippen molar-refractivity contribution in [2.45, 2.75) is 39.2 Å². The summed E-state index contributed by atoms with van der Waals surface area (Å²) in [5, 5.41) is 11.0. The number of ketones is 1. The second-order valence-corrected chi connectivity index (χ2v) is 6.99. The Morgan fingerprint density at radius 2 is 1.83 bits per heavy atom. The maximum atomic E-state index is 13.3. The number of hydrogen-bond donors (Lipinski definition) is 0. The van der Waals surface area contributed by atoms with Gasteiger partial charge in [0.2, 0.25) is 0 Å². The first-order valence-corrected chi connectivity index (χ1v) is 9.83. The maximum absolute atomic E-state index is 13.3. The number of carbonyl (C=O) groups is 2. The van der Waals surface area contributed by atoms with E-state index >= 15 is 0 Å². The Morgan fingerprint density at radius 3 is 2.45 bits per heavy atom. The third-order valence-electron chi connectivity index (χ3n) is 5.20. The van der Waals surface area contributed by atoms with Crippen molar-refractivity contribution in [1.29, 1.82) is 0 Å². The first-order valence-electron chi connectivity index (χ1n) is 9.83. The van der Waals surface area contributed by atoms with Gasteiger partial charge in [-0.2, -0.15) is 0 Å². The number of benzene rings is 2. The van der Waals surface area contributed by atoms with Crippen molar-refractivity contribution in [1.82, 2.24) is 0 Å². The fourth-order valence-corrected chi connectivity index (χ4v) is 3.86. The SMILES string of the molecule is CCCC[C@@H]1C(=O)c2ccccc2N(C(=O)OCC)[C@H]1c1ccc([N+](=O)[O-])cc1. The number of nitrogens with zero attached hydrogens (tertiary/aromatic N) is 2. The van der Waals surface area contributed by atoms with Crippen LogP contribution in [0.1, 0.15) is 55.1 Å². The molecule has 0 spiro atoms. The number of nitro benzene ring substituents is 1. The van der Waals surface area contributed by atoms with Crippen molar-refractivity contribution in [2.75, 3.05) is 11.5 Å². The van der Waals surface area contributed by atoms with Crippen LogP contribution in [0.25, 0.3) is 0 Å². The number of fused-ring (bicyclic) bond motifs is 1.